The van der Waals surface area contributed by atoms with E-state index in [0.717, 1.165) is 13.0 Å². The molecule has 0 aromatic heterocycles. The molecule has 1 fully saturated rings. The molecule has 3 N–H and O–H groups in total. The summed E-state index contributed by atoms with van der Waals surface area (Å²) in [4.78, 5) is 11.9. The molecular formula is C15H30N2O. The van der Waals surface area contributed by atoms with Gasteiger partial charge in [0.2, 0.25) is 5.91 Å². The van der Waals surface area contributed by atoms with Crippen LogP contribution in [0.4, 0.5) is 0 Å². The Morgan fingerprint density at radius 1 is 1.28 bits per heavy atom. The third kappa shape index (κ3) is 5.85. The molecular weight excluding hydrogens is 224 g/mol. The molecule has 3 nitrogen and oxygen atoms in total. The number of nitrogens with two attached hydrogens (primary N) is 1. The van der Waals surface area contributed by atoms with Crippen molar-refractivity contribution in [1.29, 1.82) is 0 Å². The first-order valence-electron chi connectivity index (χ1n) is 7.65. The lowest BCUT2D eigenvalue weighted by Gasteiger charge is -2.27. The van der Waals surface area contributed by atoms with E-state index in [1.807, 2.05) is 0 Å². The van der Waals surface area contributed by atoms with Gasteiger partial charge in [-0.3, -0.25) is 4.79 Å². The summed E-state index contributed by atoms with van der Waals surface area (Å²) in [5.74, 6) is 1.54. The lowest BCUT2D eigenvalue weighted by molar-refractivity contribution is -0.122. The monoisotopic (exact) mass is 254 g/mol. The Hall–Kier alpha value is -0.570. The molecule has 18 heavy (non-hydrogen) atoms. The molecule has 3 heteroatoms. The summed E-state index contributed by atoms with van der Waals surface area (Å²) in [7, 11) is 0. The van der Waals surface area contributed by atoms with Crippen LogP contribution in [0.5, 0.6) is 0 Å². The Bertz CT molecular complexity index is 235. The van der Waals surface area contributed by atoms with Crippen molar-refractivity contribution in [3.8, 4) is 0 Å². The lowest BCUT2D eigenvalue weighted by Crippen LogP contribution is -2.34. The molecule has 0 heterocycles. The molecule has 1 unspecified atom stereocenters. The Balaban J connectivity index is 2.16. The second kappa shape index (κ2) is 8.52. The molecule has 1 amide bonds. The van der Waals surface area contributed by atoms with E-state index in [4.69, 9.17) is 5.73 Å². The summed E-state index contributed by atoms with van der Waals surface area (Å²) < 4.78 is 0. The highest BCUT2D eigenvalue weighted by molar-refractivity contribution is 5.76. The zero-order valence-corrected chi connectivity index (χ0v) is 12.1. The van der Waals surface area contributed by atoms with Gasteiger partial charge in [0.25, 0.3) is 0 Å². The summed E-state index contributed by atoms with van der Waals surface area (Å²) in [6.45, 7) is 5.11. The maximum Gasteiger partial charge on any atom is 0.220 e. The van der Waals surface area contributed by atoms with Gasteiger partial charge in [0, 0.05) is 12.5 Å². The zero-order chi connectivity index (χ0) is 13.4. The number of nitrogens with one attached hydrogen (secondary N) is 1. The van der Waals surface area contributed by atoms with E-state index < -0.39 is 0 Å². The van der Waals surface area contributed by atoms with E-state index in [2.05, 4.69) is 19.2 Å². The highest BCUT2D eigenvalue weighted by Crippen LogP contribution is 2.30. The van der Waals surface area contributed by atoms with Gasteiger partial charge in [-0.05, 0) is 57.4 Å². The van der Waals surface area contributed by atoms with E-state index >= 15 is 0 Å². The molecule has 1 atom stereocenters. The van der Waals surface area contributed by atoms with Crippen LogP contribution < -0.4 is 11.1 Å². The van der Waals surface area contributed by atoms with Gasteiger partial charge in [-0.25, -0.2) is 0 Å². The van der Waals surface area contributed by atoms with Crippen LogP contribution in [0.3, 0.4) is 0 Å². The molecule has 0 saturated heterocycles. The quantitative estimate of drug-likeness (QED) is 0.734. The Kier molecular flexibility index (Phi) is 7.33. The van der Waals surface area contributed by atoms with Crippen molar-refractivity contribution < 1.29 is 4.79 Å². The van der Waals surface area contributed by atoms with Gasteiger partial charge in [0.05, 0.1) is 0 Å². The van der Waals surface area contributed by atoms with Crippen molar-refractivity contribution in [3.05, 3.63) is 0 Å². The summed E-state index contributed by atoms with van der Waals surface area (Å²) in [5.41, 5.74) is 5.68. The average molecular weight is 254 g/mol. The maximum absolute atomic E-state index is 11.9. The summed E-state index contributed by atoms with van der Waals surface area (Å²) in [6, 6.07) is 0.331. The number of unbranched alkanes of at least 4 members (excludes halogenated alkanes) is 1. The van der Waals surface area contributed by atoms with E-state index in [-0.39, 0.29) is 5.91 Å². The van der Waals surface area contributed by atoms with E-state index in [1.165, 1.54) is 38.5 Å². The molecule has 0 aromatic carbocycles. The number of amides is 1. The van der Waals surface area contributed by atoms with Crippen molar-refractivity contribution in [2.24, 2.45) is 17.6 Å². The Morgan fingerprint density at radius 2 is 1.89 bits per heavy atom. The van der Waals surface area contributed by atoms with Gasteiger partial charge < -0.3 is 11.1 Å². The molecule has 0 bridgehead atoms. The van der Waals surface area contributed by atoms with Crippen LogP contribution in [0, 0.1) is 11.8 Å². The van der Waals surface area contributed by atoms with Crippen molar-refractivity contribution in [1.82, 2.24) is 5.32 Å². The summed E-state index contributed by atoms with van der Waals surface area (Å²) in [6.07, 6.45) is 8.99. The van der Waals surface area contributed by atoms with Gasteiger partial charge in [-0.15, -0.1) is 0 Å². The zero-order valence-electron chi connectivity index (χ0n) is 12.1. The molecule has 0 spiro atoms. The summed E-state index contributed by atoms with van der Waals surface area (Å²) in [5, 5.41) is 3.12. The maximum atomic E-state index is 11.9. The number of carbonyl (C=O) groups excluding carboxylic acids is 1. The van der Waals surface area contributed by atoms with Crippen molar-refractivity contribution in [3.63, 3.8) is 0 Å². The molecule has 0 aromatic rings. The van der Waals surface area contributed by atoms with Gasteiger partial charge in [-0.2, -0.15) is 0 Å². The highest BCUT2D eigenvalue weighted by atomic mass is 16.1. The largest absolute Gasteiger partial charge is 0.354 e. The first-order chi connectivity index (χ1) is 8.65. The fraction of sp³-hybridized carbons (Fsp3) is 0.933. The predicted octanol–water partition coefficient (Wildman–Crippen LogP) is 2.84. The average Bonchev–Trinajstić information content (AvgIpc) is 2.37. The Morgan fingerprint density at radius 3 is 2.44 bits per heavy atom. The molecule has 1 aliphatic rings. The molecule has 106 valence electrons. The lowest BCUT2D eigenvalue weighted by atomic mass is 9.80. The standard InChI is InChI=1S/C15H30N2O/c1-3-4-5-12(2)17-15(18)10-13-6-8-14(11-16)9-7-13/h12-14H,3-11,16H2,1-2H3,(H,17,18). The smallest absolute Gasteiger partial charge is 0.220 e. The van der Waals surface area contributed by atoms with Crippen LogP contribution in [-0.2, 0) is 4.79 Å². The highest BCUT2D eigenvalue weighted by Gasteiger charge is 2.22. The minimum Gasteiger partial charge on any atom is -0.354 e. The van der Waals surface area contributed by atoms with Gasteiger partial charge >= 0.3 is 0 Å². The molecule has 1 aliphatic carbocycles. The van der Waals surface area contributed by atoms with E-state index in [9.17, 15) is 4.79 Å². The van der Waals surface area contributed by atoms with Crippen molar-refractivity contribution >= 4 is 5.91 Å². The fourth-order valence-corrected chi connectivity index (χ4v) is 2.85. The van der Waals surface area contributed by atoms with Crippen LogP contribution in [0.15, 0.2) is 0 Å². The first kappa shape index (κ1) is 15.5. The van der Waals surface area contributed by atoms with Crippen LogP contribution in [0.2, 0.25) is 0 Å². The van der Waals surface area contributed by atoms with Crippen LogP contribution in [0.25, 0.3) is 0 Å². The van der Waals surface area contributed by atoms with Crippen LogP contribution in [0.1, 0.15) is 65.2 Å². The third-order valence-electron chi connectivity index (χ3n) is 4.17. The molecule has 0 radical (unpaired) electrons. The molecule has 0 aliphatic heterocycles. The van der Waals surface area contributed by atoms with E-state index in [0.29, 0.717) is 24.3 Å². The minimum absolute atomic E-state index is 0.245. The molecule has 1 saturated carbocycles. The fourth-order valence-electron chi connectivity index (χ4n) is 2.85. The van der Waals surface area contributed by atoms with E-state index in [1.54, 1.807) is 0 Å². The number of hydrogen-bond acceptors (Lipinski definition) is 2. The second-order valence-corrected chi connectivity index (χ2v) is 5.94. The van der Waals surface area contributed by atoms with Gasteiger partial charge in [0.1, 0.15) is 0 Å². The SMILES string of the molecule is CCCCC(C)NC(=O)CC1CCC(CN)CC1. The number of hydrogen-bond donors (Lipinski definition) is 2. The van der Waals surface area contributed by atoms with Crippen LogP contribution in [-0.4, -0.2) is 18.5 Å². The third-order valence-corrected chi connectivity index (χ3v) is 4.17. The van der Waals surface area contributed by atoms with Gasteiger partial charge in [0.15, 0.2) is 0 Å². The number of carbonyl (C=O) groups is 1. The van der Waals surface area contributed by atoms with Crippen molar-refractivity contribution in [2.75, 3.05) is 6.54 Å². The topological polar surface area (TPSA) is 55.1 Å². The summed E-state index contributed by atoms with van der Waals surface area (Å²) >= 11 is 0. The van der Waals surface area contributed by atoms with Gasteiger partial charge in [-0.1, -0.05) is 19.8 Å². The first-order valence-corrected chi connectivity index (χ1v) is 7.65. The minimum atomic E-state index is 0.245. The molecule has 1 rings (SSSR count). The van der Waals surface area contributed by atoms with Crippen LogP contribution >= 0.6 is 0 Å². The number of rotatable bonds is 7. The van der Waals surface area contributed by atoms with Crippen molar-refractivity contribution in [2.45, 2.75) is 71.3 Å². The normalized spacial score (nSPS) is 25.7. The Labute approximate surface area is 112 Å². The predicted molar refractivity (Wildman–Crippen MR) is 76.2 cm³/mol. The second-order valence-electron chi connectivity index (χ2n) is 5.94.